The van der Waals surface area contributed by atoms with E-state index < -0.39 is 0 Å². The number of amides is 1. The highest BCUT2D eigenvalue weighted by Gasteiger charge is 2.18. The summed E-state index contributed by atoms with van der Waals surface area (Å²) in [5, 5.41) is 12.6. The van der Waals surface area contributed by atoms with E-state index in [0.717, 1.165) is 48.4 Å². The van der Waals surface area contributed by atoms with Crippen molar-refractivity contribution in [3.05, 3.63) is 72.1 Å². The van der Waals surface area contributed by atoms with Gasteiger partial charge >= 0.3 is 0 Å². The second kappa shape index (κ2) is 8.41. The molecule has 0 spiro atoms. The molecule has 2 N–H and O–H groups in total. The zero-order valence-corrected chi connectivity index (χ0v) is 16.4. The minimum absolute atomic E-state index is 0.183. The molecule has 1 fully saturated rings. The van der Waals surface area contributed by atoms with E-state index in [9.17, 15) is 9.90 Å². The van der Waals surface area contributed by atoms with Crippen molar-refractivity contribution < 1.29 is 9.90 Å². The van der Waals surface area contributed by atoms with Gasteiger partial charge in [0.2, 0.25) is 0 Å². The number of aryl methyl sites for hydroxylation is 1. The predicted molar refractivity (Wildman–Crippen MR) is 114 cm³/mol. The number of anilines is 2. The average Bonchev–Trinajstić information content (AvgIpc) is 2.75. The number of carbonyl (C=O) groups is 1. The largest absolute Gasteiger partial charge is 0.393 e. The van der Waals surface area contributed by atoms with Crippen LogP contribution in [0.5, 0.6) is 0 Å². The van der Waals surface area contributed by atoms with Crippen LogP contribution in [0.3, 0.4) is 0 Å². The van der Waals surface area contributed by atoms with Crippen molar-refractivity contribution in [3.8, 4) is 11.1 Å². The van der Waals surface area contributed by atoms with Crippen LogP contribution in [-0.2, 0) is 0 Å². The molecule has 1 saturated heterocycles. The molecule has 4 rings (SSSR count). The Kier molecular flexibility index (Phi) is 5.53. The van der Waals surface area contributed by atoms with Crippen LogP contribution in [0.2, 0.25) is 0 Å². The van der Waals surface area contributed by atoms with E-state index in [1.807, 2.05) is 43.3 Å². The van der Waals surface area contributed by atoms with Gasteiger partial charge in [0.15, 0.2) is 0 Å². The summed E-state index contributed by atoms with van der Waals surface area (Å²) in [5.41, 5.74) is 3.67. The molecule has 2 aromatic heterocycles. The molecule has 0 unspecified atom stereocenters. The Balaban J connectivity index is 1.52. The number of aliphatic hydroxyl groups is 1. The fourth-order valence-electron chi connectivity index (χ4n) is 3.44. The van der Waals surface area contributed by atoms with Crippen LogP contribution in [-0.4, -0.2) is 40.2 Å². The van der Waals surface area contributed by atoms with Crippen molar-refractivity contribution in [2.75, 3.05) is 23.3 Å². The summed E-state index contributed by atoms with van der Waals surface area (Å²) >= 11 is 0. The Hall–Kier alpha value is -3.25. The first kappa shape index (κ1) is 19.1. The number of nitrogens with one attached hydrogen (secondary N) is 1. The molecule has 3 heterocycles. The van der Waals surface area contributed by atoms with Gasteiger partial charge in [-0.05, 0) is 67.3 Å². The van der Waals surface area contributed by atoms with Crippen LogP contribution < -0.4 is 10.2 Å². The number of aromatic nitrogens is 2. The molecule has 0 aliphatic carbocycles. The molecule has 0 atom stereocenters. The van der Waals surface area contributed by atoms with Gasteiger partial charge in [-0.1, -0.05) is 17.7 Å². The first-order valence-corrected chi connectivity index (χ1v) is 9.82. The number of nitrogens with zero attached hydrogens (tertiary/aromatic N) is 3. The maximum Gasteiger partial charge on any atom is 0.256 e. The fraction of sp³-hybridized carbons (Fsp3) is 0.261. The van der Waals surface area contributed by atoms with E-state index in [4.69, 9.17) is 0 Å². The molecule has 6 nitrogen and oxygen atoms in total. The number of pyridine rings is 2. The maximum atomic E-state index is 12.5. The van der Waals surface area contributed by atoms with E-state index in [2.05, 4.69) is 20.2 Å². The number of rotatable bonds is 4. The first-order chi connectivity index (χ1) is 14.1. The van der Waals surface area contributed by atoms with Crippen molar-refractivity contribution in [1.82, 2.24) is 9.97 Å². The molecule has 1 aromatic carbocycles. The van der Waals surface area contributed by atoms with Gasteiger partial charge in [-0.15, -0.1) is 0 Å². The Morgan fingerprint density at radius 2 is 1.66 bits per heavy atom. The molecular weight excluding hydrogens is 364 g/mol. The smallest absolute Gasteiger partial charge is 0.256 e. The van der Waals surface area contributed by atoms with Crippen LogP contribution in [0.15, 0.2) is 60.9 Å². The van der Waals surface area contributed by atoms with Gasteiger partial charge in [0.1, 0.15) is 11.6 Å². The summed E-state index contributed by atoms with van der Waals surface area (Å²) in [5.74, 6) is 1.22. The second-order valence-corrected chi connectivity index (χ2v) is 7.37. The standard InChI is InChI=1S/C23H24N4O2/c1-16-2-4-17(5-3-16)23(29)26-21-14-18(6-10-24-21)19-7-11-25-22(15-19)27-12-8-20(28)9-13-27/h2-7,10-11,14-15,20,28H,8-9,12-13H2,1H3,(H,24,26,29). The molecule has 29 heavy (non-hydrogen) atoms. The molecule has 1 aliphatic rings. The lowest BCUT2D eigenvalue weighted by atomic mass is 10.1. The third kappa shape index (κ3) is 4.60. The number of hydrogen-bond donors (Lipinski definition) is 2. The van der Waals surface area contributed by atoms with Crippen LogP contribution >= 0.6 is 0 Å². The Labute approximate surface area is 170 Å². The summed E-state index contributed by atoms with van der Waals surface area (Å²) < 4.78 is 0. The lowest BCUT2D eigenvalue weighted by Crippen LogP contribution is -2.36. The quantitative estimate of drug-likeness (QED) is 0.713. The van der Waals surface area contributed by atoms with Crippen LogP contribution in [0.4, 0.5) is 11.6 Å². The molecule has 0 radical (unpaired) electrons. The van der Waals surface area contributed by atoms with Crippen molar-refractivity contribution in [2.45, 2.75) is 25.9 Å². The highest BCUT2D eigenvalue weighted by atomic mass is 16.3. The Morgan fingerprint density at radius 3 is 2.38 bits per heavy atom. The van der Waals surface area contributed by atoms with Crippen LogP contribution in [0.25, 0.3) is 11.1 Å². The second-order valence-electron chi connectivity index (χ2n) is 7.37. The number of benzene rings is 1. The molecular formula is C23H24N4O2. The Bertz CT molecular complexity index is 996. The van der Waals surface area contributed by atoms with E-state index in [-0.39, 0.29) is 12.0 Å². The first-order valence-electron chi connectivity index (χ1n) is 9.82. The fourth-order valence-corrected chi connectivity index (χ4v) is 3.44. The summed E-state index contributed by atoms with van der Waals surface area (Å²) in [6.45, 7) is 3.58. The molecule has 0 bridgehead atoms. The summed E-state index contributed by atoms with van der Waals surface area (Å²) in [6.07, 6.45) is 4.79. The summed E-state index contributed by atoms with van der Waals surface area (Å²) in [7, 11) is 0. The van der Waals surface area contributed by atoms with Gasteiger partial charge in [0.05, 0.1) is 6.10 Å². The van der Waals surface area contributed by atoms with Gasteiger partial charge in [-0.2, -0.15) is 0 Å². The highest BCUT2D eigenvalue weighted by molar-refractivity contribution is 6.04. The SMILES string of the molecule is Cc1ccc(C(=O)Nc2cc(-c3ccnc(N4CCC(O)CC4)c3)ccn2)cc1. The van der Waals surface area contributed by atoms with Gasteiger partial charge < -0.3 is 15.3 Å². The monoisotopic (exact) mass is 388 g/mol. The number of aliphatic hydroxyl groups excluding tert-OH is 1. The third-order valence-electron chi connectivity index (χ3n) is 5.18. The maximum absolute atomic E-state index is 12.5. The minimum atomic E-state index is -0.214. The zero-order chi connectivity index (χ0) is 20.2. The third-order valence-corrected chi connectivity index (χ3v) is 5.18. The normalized spacial score (nSPS) is 14.6. The van der Waals surface area contributed by atoms with Crippen LogP contribution in [0.1, 0.15) is 28.8 Å². The van der Waals surface area contributed by atoms with Gasteiger partial charge in [-0.3, -0.25) is 4.79 Å². The molecule has 1 amide bonds. The molecule has 148 valence electrons. The molecule has 3 aromatic rings. The zero-order valence-electron chi connectivity index (χ0n) is 16.4. The average molecular weight is 388 g/mol. The molecule has 6 heteroatoms. The summed E-state index contributed by atoms with van der Waals surface area (Å²) in [4.78, 5) is 23.4. The lowest BCUT2D eigenvalue weighted by molar-refractivity contribution is 0.102. The predicted octanol–water partition coefficient (Wildman–Crippen LogP) is 3.67. The number of carbonyl (C=O) groups excluding carboxylic acids is 1. The molecule has 0 saturated carbocycles. The van der Waals surface area contributed by atoms with E-state index >= 15 is 0 Å². The van der Waals surface area contributed by atoms with E-state index in [1.54, 1.807) is 24.5 Å². The van der Waals surface area contributed by atoms with Crippen molar-refractivity contribution >= 4 is 17.5 Å². The van der Waals surface area contributed by atoms with Crippen molar-refractivity contribution in [1.29, 1.82) is 0 Å². The topological polar surface area (TPSA) is 78.4 Å². The van der Waals surface area contributed by atoms with Crippen molar-refractivity contribution in [3.63, 3.8) is 0 Å². The van der Waals surface area contributed by atoms with Crippen molar-refractivity contribution in [2.24, 2.45) is 0 Å². The number of hydrogen-bond acceptors (Lipinski definition) is 5. The van der Waals surface area contributed by atoms with E-state index in [0.29, 0.717) is 11.4 Å². The highest BCUT2D eigenvalue weighted by Crippen LogP contribution is 2.26. The van der Waals surface area contributed by atoms with Gasteiger partial charge in [0, 0.05) is 31.0 Å². The summed E-state index contributed by atoms with van der Waals surface area (Å²) in [6, 6.07) is 15.2. The van der Waals surface area contributed by atoms with Crippen LogP contribution in [0, 0.1) is 6.92 Å². The number of piperidine rings is 1. The van der Waals surface area contributed by atoms with Gasteiger partial charge in [-0.25, -0.2) is 9.97 Å². The minimum Gasteiger partial charge on any atom is -0.393 e. The Morgan fingerprint density at radius 1 is 1.00 bits per heavy atom. The van der Waals surface area contributed by atoms with E-state index in [1.165, 1.54) is 0 Å². The molecule has 1 aliphatic heterocycles. The van der Waals surface area contributed by atoms with Gasteiger partial charge in [0.25, 0.3) is 5.91 Å². The lowest BCUT2D eigenvalue weighted by Gasteiger charge is -2.30.